The van der Waals surface area contributed by atoms with E-state index in [9.17, 15) is 9.59 Å². The van der Waals surface area contributed by atoms with Crippen LogP contribution in [0.3, 0.4) is 0 Å². The lowest BCUT2D eigenvalue weighted by molar-refractivity contribution is -0.122. The first-order chi connectivity index (χ1) is 21.1. The number of carbonyl (C=O) groups excluding carboxylic acids is 2. The largest absolute Gasteiger partial charge is 0.497 e. The molecule has 1 aliphatic heterocycles. The number of rotatable bonds is 5. The van der Waals surface area contributed by atoms with Gasteiger partial charge in [-0.2, -0.15) is 0 Å². The molecule has 0 spiro atoms. The molecule has 9 rings (SSSR count). The SMILES string of the molecule is COc1ccc(N=CC23c4ccccc4C(c4ccccc42)[C@@H]2C(=O)N(c4cccc5ccccc45)C(=O)[C@H]23)c(OC)c1. The molecule has 2 bridgehead atoms. The highest BCUT2D eigenvalue weighted by Crippen LogP contribution is 2.64. The molecule has 5 aromatic rings. The Morgan fingerprint density at radius 3 is 2.14 bits per heavy atom. The predicted molar refractivity (Wildman–Crippen MR) is 167 cm³/mol. The first-order valence-electron chi connectivity index (χ1n) is 14.4. The summed E-state index contributed by atoms with van der Waals surface area (Å²) < 4.78 is 11.1. The second-order valence-corrected chi connectivity index (χ2v) is 11.3. The van der Waals surface area contributed by atoms with Gasteiger partial charge in [0.2, 0.25) is 11.8 Å². The summed E-state index contributed by atoms with van der Waals surface area (Å²) in [6.07, 6.45) is 1.89. The second-order valence-electron chi connectivity index (χ2n) is 11.3. The van der Waals surface area contributed by atoms with Crippen molar-refractivity contribution in [2.24, 2.45) is 16.8 Å². The van der Waals surface area contributed by atoms with Crippen molar-refractivity contribution in [3.63, 3.8) is 0 Å². The zero-order valence-corrected chi connectivity index (χ0v) is 23.7. The Kier molecular flexibility index (Phi) is 5.57. The van der Waals surface area contributed by atoms with Gasteiger partial charge in [0.1, 0.15) is 17.2 Å². The fraction of sp³-hybridized carbons (Fsp3) is 0.162. The van der Waals surface area contributed by atoms with Crippen LogP contribution < -0.4 is 14.4 Å². The minimum absolute atomic E-state index is 0.167. The molecule has 1 saturated heterocycles. The number of carbonyl (C=O) groups is 2. The van der Waals surface area contributed by atoms with E-state index < -0.39 is 17.3 Å². The predicted octanol–water partition coefficient (Wildman–Crippen LogP) is 6.81. The lowest BCUT2D eigenvalue weighted by Crippen LogP contribution is -2.54. The van der Waals surface area contributed by atoms with Gasteiger partial charge in [-0.3, -0.25) is 14.6 Å². The summed E-state index contributed by atoms with van der Waals surface area (Å²) in [5.41, 5.74) is 4.42. The van der Waals surface area contributed by atoms with E-state index in [2.05, 4.69) is 24.3 Å². The first kappa shape index (κ1) is 25.5. The van der Waals surface area contributed by atoms with E-state index in [0.717, 1.165) is 33.0 Å². The van der Waals surface area contributed by atoms with Gasteiger partial charge in [0.15, 0.2) is 0 Å². The molecule has 3 aliphatic carbocycles. The first-order valence-corrected chi connectivity index (χ1v) is 14.4. The van der Waals surface area contributed by atoms with E-state index in [1.165, 1.54) is 4.90 Å². The maximum Gasteiger partial charge on any atom is 0.239 e. The van der Waals surface area contributed by atoms with Crippen molar-refractivity contribution in [3.05, 3.63) is 131 Å². The van der Waals surface area contributed by atoms with Crippen LogP contribution in [0, 0.1) is 11.8 Å². The van der Waals surface area contributed by atoms with Crippen molar-refractivity contribution in [2.75, 3.05) is 19.1 Å². The Balaban J connectivity index is 1.39. The van der Waals surface area contributed by atoms with Gasteiger partial charge in [-0.05, 0) is 45.8 Å². The lowest BCUT2D eigenvalue weighted by atomic mass is 9.47. The number of nitrogens with zero attached hydrogens (tertiary/aromatic N) is 2. The molecule has 4 aliphatic rings. The van der Waals surface area contributed by atoms with Crippen molar-refractivity contribution < 1.29 is 19.1 Å². The zero-order valence-electron chi connectivity index (χ0n) is 23.7. The van der Waals surface area contributed by atoms with Gasteiger partial charge in [0, 0.05) is 23.6 Å². The van der Waals surface area contributed by atoms with E-state index >= 15 is 0 Å². The summed E-state index contributed by atoms with van der Waals surface area (Å²) in [6.45, 7) is 0. The quantitative estimate of drug-likeness (QED) is 0.174. The number of fused-ring (bicyclic) bond motifs is 1. The summed E-state index contributed by atoms with van der Waals surface area (Å²) in [6, 6.07) is 35.5. The van der Waals surface area contributed by atoms with Crippen LogP contribution in [0.25, 0.3) is 10.8 Å². The van der Waals surface area contributed by atoms with E-state index in [1.807, 2.05) is 85.1 Å². The monoisotopic (exact) mass is 564 g/mol. The molecule has 0 aromatic heterocycles. The maximum absolute atomic E-state index is 14.8. The third-order valence-electron chi connectivity index (χ3n) is 9.49. The Bertz CT molecular complexity index is 1940. The van der Waals surface area contributed by atoms with Gasteiger partial charge < -0.3 is 9.47 Å². The topological polar surface area (TPSA) is 68.2 Å². The van der Waals surface area contributed by atoms with Crippen LogP contribution in [-0.2, 0) is 15.0 Å². The van der Waals surface area contributed by atoms with Gasteiger partial charge in [-0.1, -0.05) is 84.9 Å². The Morgan fingerprint density at radius 2 is 1.42 bits per heavy atom. The Hall–Kier alpha value is -5.23. The van der Waals surface area contributed by atoms with Gasteiger partial charge in [0.05, 0.1) is 37.2 Å². The van der Waals surface area contributed by atoms with Crippen molar-refractivity contribution in [3.8, 4) is 11.5 Å². The third-order valence-corrected chi connectivity index (χ3v) is 9.49. The van der Waals surface area contributed by atoms with Crippen LogP contribution >= 0.6 is 0 Å². The number of amides is 2. The summed E-state index contributed by atoms with van der Waals surface area (Å²) in [5, 5.41) is 1.85. The van der Waals surface area contributed by atoms with Crippen LogP contribution in [0.4, 0.5) is 11.4 Å². The molecule has 0 saturated carbocycles. The number of benzene rings is 5. The van der Waals surface area contributed by atoms with Crippen LogP contribution in [0.1, 0.15) is 28.2 Å². The molecule has 1 fully saturated rings. The maximum atomic E-state index is 14.8. The minimum Gasteiger partial charge on any atom is -0.497 e. The summed E-state index contributed by atoms with van der Waals surface area (Å²) in [7, 11) is 3.20. The molecular weight excluding hydrogens is 536 g/mol. The van der Waals surface area contributed by atoms with Gasteiger partial charge >= 0.3 is 0 Å². The molecule has 6 nitrogen and oxygen atoms in total. The van der Waals surface area contributed by atoms with Crippen molar-refractivity contribution >= 4 is 40.2 Å². The molecule has 1 heterocycles. The summed E-state index contributed by atoms with van der Waals surface area (Å²) in [4.78, 5) is 35.9. The van der Waals surface area contributed by atoms with Gasteiger partial charge in [-0.25, -0.2) is 4.90 Å². The zero-order chi connectivity index (χ0) is 29.3. The summed E-state index contributed by atoms with van der Waals surface area (Å²) >= 11 is 0. The van der Waals surface area contributed by atoms with Gasteiger partial charge in [0.25, 0.3) is 0 Å². The third kappa shape index (κ3) is 3.37. The average Bonchev–Trinajstić information content (AvgIpc) is 3.33. The van der Waals surface area contributed by atoms with Crippen molar-refractivity contribution in [2.45, 2.75) is 11.3 Å². The molecule has 6 heteroatoms. The van der Waals surface area contributed by atoms with Crippen LogP contribution in [0.2, 0.25) is 0 Å². The average molecular weight is 565 g/mol. The lowest BCUT2D eigenvalue weighted by Gasteiger charge is -2.52. The second kappa shape index (κ2) is 9.39. The highest BCUT2D eigenvalue weighted by Gasteiger charge is 2.68. The number of hydrogen-bond acceptors (Lipinski definition) is 5. The molecule has 0 radical (unpaired) electrons. The van der Waals surface area contributed by atoms with E-state index in [1.54, 1.807) is 20.3 Å². The molecule has 2 amide bonds. The fourth-order valence-corrected chi connectivity index (χ4v) is 7.75. The highest BCUT2D eigenvalue weighted by molar-refractivity contribution is 6.27. The van der Waals surface area contributed by atoms with Crippen molar-refractivity contribution in [1.29, 1.82) is 0 Å². The number of aliphatic imine (C=N–C) groups is 1. The van der Waals surface area contributed by atoms with E-state index in [-0.39, 0.29) is 17.7 Å². The van der Waals surface area contributed by atoms with E-state index in [0.29, 0.717) is 22.9 Å². The van der Waals surface area contributed by atoms with Crippen LogP contribution in [-0.4, -0.2) is 32.2 Å². The molecule has 0 N–H and O–H groups in total. The molecule has 5 aromatic carbocycles. The van der Waals surface area contributed by atoms with E-state index in [4.69, 9.17) is 14.5 Å². The highest BCUT2D eigenvalue weighted by atomic mass is 16.5. The summed E-state index contributed by atoms with van der Waals surface area (Å²) in [5.74, 6) is -0.624. The van der Waals surface area contributed by atoms with Gasteiger partial charge in [-0.15, -0.1) is 0 Å². The molecule has 43 heavy (non-hydrogen) atoms. The Morgan fingerprint density at radius 1 is 0.744 bits per heavy atom. The van der Waals surface area contributed by atoms with Crippen LogP contribution in [0.15, 0.2) is 114 Å². The van der Waals surface area contributed by atoms with Crippen LogP contribution in [0.5, 0.6) is 11.5 Å². The molecule has 2 atom stereocenters. The number of imide groups is 1. The smallest absolute Gasteiger partial charge is 0.239 e. The molecule has 0 unspecified atom stereocenters. The Labute approximate surface area is 249 Å². The van der Waals surface area contributed by atoms with Crippen molar-refractivity contribution in [1.82, 2.24) is 0 Å². The standard InChI is InChI=1S/C37H28N2O4/c1-42-23-18-19-29(31(20-23)43-2)38-21-37-27-15-7-5-13-25(27)32(26-14-6-8-16-28(26)37)33-34(37)36(41)39(35(33)40)30-17-9-11-22-10-3-4-12-24(22)30/h3-21,32-34H,1-2H3/t32?,33-,34-,37?/m0/s1. The fourth-order valence-electron chi connectivity index (χ4n) is 7.75. The molecular formula is C37H28N2O4. The number of ether oxygens (including phenoxy) is 2. The number of anilines is 1. The molecule has 210 valence electrons. The minimum atomic E-state index is -0.969. The number of methoxy groups -OCH3 is 2. The number of hydrogen-bond donors (Lipinski definition) is 0. The normalized spacial score (nSPS) is 23.4.